The molecule has 4 heteroatoms. The first-order valence-corrected chi connectivity index (χ1v) is 7.62. The van der Waals surface area contributed by atoms with Crippen LogP contribution < -0.4 is 10.6 Å². The largest absolute Gasteiger partial charge is 0.370 e. The molecule has 1 amide bonds. The predicted molar refractivity (Wildman–Crippen MR) is 88.9 cm³/mol. The van der Waals surface area contributed by atoms with Gasteiger partial charge in [-0.3, -0.25) is 4.79 Å². The maximum Gasteiger partial charge on any atom is 0.251 e. The van der Waals surface area contributed by atoms with E-state index in [-0.39, 0.29) is 16.9 Å². The van der Waals surface area contributed by atoms with Gasteiger partial charge >= 0.3 is 0 Å². The molecule has 0 atom stereocenters. The van der Waals surface area contributed by atoms with Crippen molar-refractivity contribution in [3.05, 3.63) is 23.4 Å². The second-order valence-corrected chi connectivity index (χ2v) is 7.51. The second kappa shape index (κ2) is 6.46. The summed E-state index contributed by atoms with van der Waals surface area (Å²) in [5.41, 5.74) is 1.23. The van der Waals surface area contributed by atoms with Gasteiger partial charge in [0.05, 0.1) is 0 Å². The Balaban J connectivity index is 3.15. The number of pyridine rings is 1. The van der Waals surface area contributed by atoms with Crippen LogP contribution in [0.15, 0.2) is 12.1 Å². The minimum absolute atomic E-state index is 0.0602. The van der Waals surface area contributed by atoms with Gasteiger partial charge in [0, 0.05) is 28.8 Å². The molecule has 0 spiro atoms. The standard InChI is InChI=1S/C17H29N3O/c1-8-9-18-14-11-12(15(21)20-17(5,6)7)10-13(19-14)16(2,3)4/h10-11H,8-9H2,1-7H3,(H,18,19)(H,20,21). The maximum atomic E-state index is 12.4. The quantitative estimate of drug-likeness (QED) is 0.888. The van der Waals surface area contributed by atoms with E-state index in [0.29, 0.717) is 5.56 Å². The minimum Gasteiger partial charge on any atom is -0.370 e. The molecular formula is C17H29N3O. The van der Waals surface area contributed by atoms with Crippen molar-refractivity contribution in [3.8, 4) is 0 Å². The van der Waals surface area contributed by atoms with Gasteiger partial charge in [0.2, 0.25) is 0 Å². The molecule has 1 rings (SSSR count). The van der Waals surface area contributed by atoms with Crippen LogP contribution in [0.25, 0.3) is 0 Å². The lowest BCUT2D eigenvalue weighted by molar-refractivity contribution is 0.0919. The van der Waals surface area contributed by atoms with Gasteiger partial charge in [-0.15, -0.1) is 0 Å². The highest BCUT2D eigenvalue weighted by atomic mass is 16.1. The van der Waals surface area contributed by atoms with Crippen molar-refractivity contribution < 1.29 is 4.79 Å². The zero-order valence-electron chi connectivity index (χ0n) is 14.4. The summed E-state index contributed by atoms with van der Waals surface area (Å²) in [6.07, 6.45) is 1.02. The number of rotatable bonds is 4. The molecule has 0 aromatic carbocycles. The van der Waals surface area contributed by atoms with Gasteiger partial charge in [-0.05, 0) is 39.3 Å². The van der Waals surface area contributed by atoms with E-state index >= 15 is 0 Å². The van der Waals surface area contributed by atoms with Crippen LogP contribution in [0.5, 0.6) is 0 Å². The van der Waals surface area contributed by atoms with Gasteiger partial charge in [0.1, 0.15) is 5.82 Å². The van der Waals surface area contributed by atoms with E-state index in [1.165, 1.54) is 0 Å². The molecule has 0 fully saturated rings. The van der Waals surface area contributed by atoms with Crippen LogP contribution in [-0.2, 0) is 5.41 Å². The fraction of sp³-hybridized carbons (Fsp3) is 0.647. The number of nitrogens with zero attached hydrogens (tertiary/aromatic N) is 1. The molecule has 1 heterocycles. The van der Waals surface area contributed by atoms with Crippen LogP contribution in [0.4, 0.5) is 5.82 Å². The summed E-state index contributed by atoms with van der Waals surface area (Å²) in [6.45, 7) is 15.2. The molecule has 0 aliphatic carbocycles. The molecule has 0 saturated heterocycles. The Morgan fingerprint density at radius 3 is 2.24 bits per heavy atom. The molecule has 4 nitrogen and oxygen atoms in total. The van der Waals surface area contributed by atoms with Crippen molar-refractivity contribution in [2.45, 2.75) is 65.8 Å². The number of nitrogens with one attached hydrogen (secondary N) is 2. The Morgan fingerprint density at radius 2 is 1.76 bits per heavy atom. The second-order valence-electron chi connectivity index (χ2n) is 7.51. The summed E-state index contributed by atoms with van der Waals surface area (Å²) in [7, 11) is 0. The van der Waals surface area contributed by atoms with E-state index in [1.54, 1.807) is 0 Å². The molecule has 0 aliphatic heterocycles. The Labute approximate surface area is 128 Å². The first-order chi connectivity index (χ1) is 9.53. The topological polar surface area (TPSA) is 54.0 Å². The predicted octanol–water partition coefficient (Wildman–Crippen LogP) is 3.73. The number of aromatic nitrogens is 1. The third-order valence-electron chi connectivity index (χ3n) is 2.90. The smallest absolute Gasteiger partial charge is 0.251 e. The monoisotopic (exact) mass is 291 g/mol. The van der Waals surface area contributed by atoms with Gasteiger partial charge in [-0.2, -0.15) is 0 Å². The van der Waals surface area contributed by atoms with E-state index < -0.39 is 0 Å². The van der Waals surface area contributed by atoms with Crippen molar-refractivity contribution in [1.82, 2.24) is 10.3 Å². The lowest BCUT2D eigenvalue weighted by Crippen LogP contribution is -2.40. The lowest BCUT2D eigenvalue weighted by atomic mass is 9.90. The number of anilines is 1. The molecule has 0 saturated carbocycles. The van der Waals surface area contributed by atoms with E-state index in [2.05, 4.69) is 43.3 Å². The van der Waals surface area contributed by atoms with E-state index in [0.717, 1.165) is 24.5 Å². The molecule has 1 aromatic heterocycles. The van der Waals surface area contributed by atoms with E-state index in [9.17, 15) is 4.79 Å². The van der Waals surface area contributed by atoms with Crippen LogP contribution >= 0.6 is 0 Å². The average Bonchev–Trinajstić information content (AvgIpc) is 2.33. The molecule has 0 bridgehead atoms. The van der Waals surface area contributed by atoms with Gasteiger partial charge in [-0.25, -0.2) is 4.98 Å². The zero-order valence-corrected chi connectivity index (χ0v) is 14.4. The van der Waals surface area contributed by atoms with Crippen LogP contribution in [0.3, 0.4) is 0 Å². The Bertz CT molecular complexity index is 496. The molecule has 1 aromatic rings. The van der Waals surface area contributed by atoms with Crippen LogP contribution in [0, 0.1) is 0 Å². The molecule has 0 radical (unpaired) electrons. The zero-order chi connectivity index (χ0) is 16.3. The van der Waals surface area contributed by atoms with Gasteiger partial charge in [-0.1, -0.05) is 27.7 Å². The number of amides is 1. The summed E-state index contributed by atoms with van der Waals surface area (Å²) < 4.78 is 0. The van der Waals surface area contributed by atoms with Crippen molar-refractivity contribution in [1.29, 1.82) is 0 Å². The number of hydrogen-bond donors (Lipinski definition) is 2. The number of hydrogen-bond acceptors (Lipinski definition) is 3. The van der Waals surface area contributed by atoms with Crippen LogP contribution in [0.1, 0.15) is 70.9 Å². The van der Waals surface area contributed by atoms with Crippen LogP contribution in [0.2, 0.25) is 0 Å². The first-order valence-electron chi connectivity index (χ1n) is 7.62. The number of carbonyl (C=O) groups excluding carboxylic acids is 1. The molecule has 0 aliphatic rings. The van der Waals surface area contributed by atoms with Gasteiger partial charge in [0.15, 0.2) is 0 Å². The summed E-state index contributed by atoms with van der Waals surface area (Å²) >= 11 is 0. The maximum absolute atomic E-state index is 12.4. The molecule has 21 heavy (non-hydrogen) atoms. The Morgan fingerprint density at radius 1 is 1.14 bits per heavy atom. The Hall–Kier alpha value is -1.58. The lowest BCUT2D eigenvalue weighted by Gasteiger charge is -2.23. The highest BCUT2D eigenvalue weighted by molar-refractivity contribution is 5.95. The van der Waals surface area contributed by atoms with E-state index in [1.807, 2.05) is 32.9 Å². The first kappa shape index (κ1) is 17.5. The number of carbonyl (C=O) groups is 1. The normalized spacial score (nSPS) is 12.1. The van der Waals surface area contributed by atoms with Gasteiger partial charge < -0.3 is 10.6 Å². The van der Waals surface area contributed by atoms with Crippen molar-refractivity contribution >= 4 is 11.7 Å². The van der Waals surface area contributed by atoms with Crippen molar-refractivity contribution in [3.63, 3.8) is 0 Å². The fourth-order valence-electron chi connectivity index (χ4n) is 1.80. The molecule has 0 unspecified atom stereocenters. The third kappa shape index (κ3) is 5.74. The highest BCUT2D eigenvalue weighted by Gasteiger charge is 2.21. The summed E-state index contributed by atoms with van der Waals surface area (Å²) in [5.74, 6) is 0.707. The molecule has 118 valence electrons. The Kier molecular flexibility index (Phi) is 5.37. The summed E-state index contributed by atoms with van der Waals surface area (Å²) in [6, 6.07) is 3.71. The molecule has 2 N–H and O–H groups in total. The SMILES string of the molecule is CCCNc1cc(C(=O)NC(C)(C)C)cc(C(C)(C)C)n1. The fourth-order valence-corrected chi connectivity index (χ4v) is 1.80. The third-order valence-corrected chi connectivity index (χ3v) is 2.90. The molecular weight excluding hydrogens is 262 g/mol. The van der Waals surface area contributed by atoms with Crippen molar-refractivity contribution in [2.24, 2.45) is 0 Å². The van der Waals surface area contributed by atoms with Gasteiger partial charge in [0.25, 0.3) is 5.91 Å². The summed E-state index contributed by atoms with van der Waals surface area (Å²) in [4.78, 5) is 17.0. The average molecular weight is 291 g/mol. The van der Waals surface area contributed by atoms with Crippen LogP contribution in [-0.4, -0.2) is 23.0 Å². The minimum atomic E-state index is -0.251. The van der Waals surface area contributed by atoms with E-state index in [4.69, 9.17) is 0 Å². The van der Waals surface area contributed by atoms with Crippen molar-refractivity contribution in [2.75, 3.05) is 11.9 Å². The highest BCUT2D eigenvalue weighted by Crippen LogP contribution is 2.23. The summed E-state index contributed by atoms with van der Waals surface area (Å²) in [5, 5.41) is 6.28.